The smallest absolute Gasteiger partial charge is 0.165 e. The van der Waals surface area contributed by atoms with Gasteiger partial charge in [-0.3, -0.25) is 0 Å². The van der Waals surface area contributed by atoms with E-state index >= 15 is 0 Å². The Bertz CT molecular complexity index is 1310. The Morgan fingerprint density at radius 1 is 0.839 bits per heavy atom. The van der Waals surface area contributed by atoms with Crippen molar-refractivity contribution in [2.24, 2.45) is 0 Å². The monoisotopic (exact) mass is 424 g/mol. The van der Waals surface area contributed by atoms with Crippen molar-refractivity contribution in [1.29, 1.82) is 0 Å². The van der Waals surface area contributed by atoms with Crippen LogP contribution in [0.3, 0.4) is 0 Å². The third-order valence-electron chi connectivity index (χ3n) is 5.36. The summed E-state index contributed by atoms with van der Waals surface area (Å²) < 4.78 is 1.87. The molecule has 0 aliphatic heterocycles. The minimum absolute atomic E-state index is 0.110. The first-order valence-electron chi connectivity index (χ1n) is 10.2. The van der Waals surface area contributed by atoms with Crippen molar-refractivity contribution in [2.75, 3.05) is 5.32 Å². The normalized spacial score (nSPS) is 12.1. The van der Waals surface area contributed by atoms with E-state index in [-0.39, 0.29) is 6.04 Å². The van der Waals surface area contributed by atoms with E-state index in [1.165, 1.54) is 5.56 Å². The zero-order valence-corrected chi connectivity index (χ0v) is 17.8. The number of benzene rings is 3. The molecular weight excluding hydrogens is 404 g/mol. The maximum atomic E-state index is 6.09. The molecule has 5 aromatic rings. The highest BCUT2D eigenvalue weighted by Crippen LogP contribution is 2.31. The molecule has 0 fully saturated rings. The zero-order chi connectivity index (χ0) is 21.2. The predicted octanol–water partition coefficient (Wildman–Crippen LogP) is 6.89. The van der Waals surface area contributed by atoms with Crippen LogP contribution in [0.25, 0.3) is 28.0 Å². The van der Waals surface area contributed by atoms with Gasteiger partial charge in [-0.05, 0) is 30.2 Å². The van der Waals surface area contributed by atoms with Crippen LogP contribution in [0.1, 0.15) is 18.5 Å². The first kappa shape index (κ1) is 19.3. The van der Waals surface area contributed by atoms with Gasteiger partial charge >= 0.3 is 0 Å². The van der Waals surface area contributed by atoms with Crippen molar-refractivity contribution in [3.05, 3.63) is 108 Å². The highest BCUT2D eigenvalue weighted by atomic mass is 35.5. The van der Waals surface area contributed by atoms with E-state index in [9.17, 15) is 0 Å². The highest BCUT2D eigenvalue weighted by molar-refractivity contribution is 6.30. The molecule has 0 amide bonds. The van der Waals surface area contributed by atoms with Crippen LogP contribution in [0.15, 0.2) is 97.2 Å². The minimum Gasteiger partial charge on any atom is -0.363 e. The molecule has 31 heavy (non-hydrogen) atoms. The van der Waals surface area contributed by atoms with Gasteiger partial charge in [-0.2, -0.15) is 9.61 Å². The molecule has 0 saturated carbocycles. The fraction of sp³-hybridized carbons (Fsp3) is 0.0769. The van der Waals surface area contributed by atoms with E-state index in [0.29, 0.717) is 5.02 Å². The zero-order valence-electron chi connectivity index (χ0n) is 17.0. The van der Waals surface area contributed by atoms with Crippen molar-refractivity contribution in [3.8, 4) is 22.4 Å². The van der Waals surface area contributed by atoms with Gasteiger partial charge in [-0.15, -0.1) is 0 Å². The van der Waals surface area contributed by atoms with Gasteiger partial charge in [0.2, 0.25) is 0 Å². The minimum atomic E-state index is 0.110. The SMILES string of the molecule is CC(Nc1cc(-c2ccccc2)nc2c(-c3ccc(Cl)cc3)cnn12)c1ccccc1. The molecule has 0 saturated heterocycles. The average molecular weight is 425 g/mol. The molecule has 3 aromatic carbocycles. The number of hydrogen-bond donors (Lipinski definition) is 1. The molecule has 0 radical (unpaired) electrons. The lowest BCUT2D eigenvalue weighted by atomic mass is 10.1. The fourth-order valence-electron chi connectivity index (χ4n) is 3.70. The lowest BCUT2D eigenvalue weighted by Crippen LogP contribution is -2.11. The summed E-state index contributed by atoms with van der Waals surface area (Å²) in [5, 5.41) is 8.99. The number of anilines is 1. The Balaban J connectivity index is 1.65. The van der Waals surface area contributed by atoms with E-state index in [0.717, 1.165) is 33.8 Å². The fourth-order valence-corrected chi connectivity index (χ4v) is 3.83. The second-order valence-electron chi connectivity index (χ2n) is 7.47. The average Bonchev–Trinajstić information content (AvgIpc) is 3.25. The maximum Gasteiger partial charge on any atom is 0.165 e. The molecule has 0 aliphatic rings. The van der Waals surface area contributed by atoms with Gasteiger partial charge in [0.15, 0.2) is 5.65 Å². The van der Waals surface area contributed by atoms with E-state index in [1.807, 2.05) is 59.2 Å². The molecule has 2 aromatic heterocycles. The van der Waals surface area contributed by atoms with Crippen LogP contribution in [0.4, 0.5) is 5.82 Å². The molecule has 1 atom stereocenters. The number of nitrogens with zero attached hydrogens (tertiary/aromatic N) is 3. The molecule has 0 spiro atoms. The number of hydrogen-bond acceptors (Lipinski definition) is 3. The van der Waals surface area contributed by atoms with Gasteiger partial charge < -0.3 is 5.32 Å². The summed E-state index contributed by atoms with van der Waals surface area (Å²) in [6.07, 6.45) is 1.86. The van der Waals surface area contributed by atoms with Gasteiger partial charge in [0.25, 0.3) is 0 Å². The van der Waals surface area contributed by atoms with Crippen LogP contribution in [-0.2, 0) is 0 Å². The summed E-state index contributed by atoms with van der Waals surface area (Å²) in [7, 11) is 0. The largest absolute Gasteiger partial charge is 0.363 e. The molecule has 4 nitrogen and oxygen atoms in total. The van der Waals surface area contributed by atoms with Crippen LogP contribution in [0, 0.1) is 0 Å². The number of fused-ring (bicyclic) bond motifs is 1. The Hall–Kier alpha value is -3.63. The molecule has 1 unspecified atom stereocenters. The maximum absolute atomic E-state index is 6.09. The first-order valence-corrected chi connectivity index (χ1v) is 10.6. The summed E-state index contributed by atoms with van der Waals surface area (Å²) in [6, 6.07) is 30.5. The number of rotatable bonds is 5. The summed E-state index contributed by atoms with van der Waals surface area (Å²) in [5.74, 6) is 0.889. The number of aromatic nitrogens is 3. The Kier molecular flexibility index (Phi) is 5.14. The lowest BCUT2D eigenvalue weighted by molar-refractivity contribution is 0.841. The van der Waals surface area contributed by atoms with E-state index in [4.69, 9.17) is 16.6 Å². The number of nitrogens with one attached hydrogen (secondary N) is 1. The van der Waals surface area contributed by atoms with Gasteiger partial charge in [0.1, 0.15) is 5.82 Å². The van der Waals surface area contributed by atoms with Crippen molar-refractivity contribution in [2.45, 2.75) is 13.0 Å². The quantitative estimate of drug-likeness (QED) is 0.334. The lowest BCUT2D eigenvalue weighted by Gasteiger charge is -2.17. The van der Waals surface area contributed by atoms with Crippen molar-refractivity contribution in [3.63, 3.8) is 0 Å². The summed E-state index contributed by atoms with van der Waals surface area (Å²) in [5.41, 5.74) is 5.95. The molecule has 1 N–H and O–H groups in total. The first-order chi connectivity index (χ1) is 15.2. The van der Waals surface area contributed by atoms with Crippen molar-refractivity contribution in [1.82, 2.24) is 14.6 Å². The highest BCUT2D eigenvalue weighted by Gasteiger charge is 2.16. The van der Waals surface area contributed by atoms with Crippen LogP contribution >= 0.6 is 11.6 Å². The summed E-state index contributed by atoms with van der Waals surface area (Å²) >= 11 is 6.09. The topological polar surface area (TPSA) is 42.2 Å². The second kappa shape index (κ2) is 8.25. The molecule has 152 valence electrons. The Labute approximate surface area is 186 Å². The van der Waals surface area contributed by atoms with Gasteiger partial charge in [-0.1, -0.05) is 84.4 Å². The molecule has 5 rings (SSSR count). The molecule has 2 heterocycles. The van der Waals surface area contributed by atoms with Crippen LogP contribution in [-0.4, -0.2) is 14.6 Å². The predicted molar refractivity (Wildman–Crippen MR) is 127 cm³/mol. The number of halogens is 1. The molecule has 0 aliphatic carbocycles. The molecular formula is C26H21ClN4. The summed E-state index contributed by atoms with van der Waals surface area (Å²) in [4.78, 5) is 4.97. The van der Waals surface area contributed by atoms with Crippen molar-refractivity contribution < 1.29 is 0 Å². The van der Waals surface area contributed by atoms with Gasteiger partial charge in [0.05, 0.1) is 11.9 Å². The van der Waals surface area contributed by atoms with E-state index in [2.05, 4.69) is 59.8 Å². The Morgan fingerprint density at radius 2 is 1.52 bits per heavy atom. The molecule has 5 heteroatoms. The van der Waals surface area contributed by atoms with Gasteiger partial charge in [0, 0.05) is 28.3 Å². The second-order valence-corrected chi connectivity index (χ2v) is 7.91. The van der Waals surface area contributed by atoms with Gasteiger partial charge in [-0.25, -0.2) is 4.98 Å². The van der Waals surface area contributed by atoms with E-state index < -0.39 is 0 Å². The van der Waals surface area contributed by atoms with Crippen LogP contribution in [0.5, 0.6) is 0 Å². The van der Waals surface area contributed by atoms with Crippen LogP contribution < -0.4 is 5.32 Å². The van der Waals surface area contributed by atoms with E-state index in [1.54, 1.807) is 0 Å². The van der Waals surface area contributed by atoms with Crippen LogP contribution in [0.2, 0.25) is 5.02 Å². The third-order valence-corrected chi connectivity index (χ3v) is 5.61. The Morgan fingerprint density at radius 3 is 2.23 bits per heavy atom. The standard InChI is InChI=1S/C26H21ClN4/c1-18(19-8-4-2-5-9-19)29-25-16-24(21-10-6-3-7-11-21)30-26-23(17-28-31(25)26)20-12-14-22(27)15-13-20/h2-18,29H,1H3. The summed E-state index contributed by atoms with van der Waals surface area (Å²) in [6.45, 7) is 2.15. The van der Waals surface area contributed by atoms with Crippen molar-refractivity contribution >= 4 is 23.1 Å². The third kappa shape index (κ3) is 3.90. The molecule has 0 bridgehead atoms.